The Labute approximate surface area is 208 Å². The average Bonchev–Trinajstić information content (AvgIpc) is 3.06. The van der Waals surface area contributed by atoms with Gasteiger partial charge >= 0.3 is 0 Å². The molecule has 1 spiro atoms. The molecule has 1 fully saturated rings. The molecule has 36 heavy (non-hydrogen) atoms. The number of aryl methyl sites for hydroxylation is 1. The third kappa shape index (κ3) is 3.64. The monoisotopic (exact) mass is 496 g/mol. The van der Waals surface area contributed by atoms with E-state index in [0.717, 1.165) is 27.7 Å². The van der Waals surface area contributed by atoms with Crippen molar-refractivity contribution < 1.29 is 23.4 Å². The number of hydrogen-bond acceptors (Lipinski definition) is 6. The average molecular weight is 497 g/mol. The second-order valence-electron chi connectivity index (χ2n) is 9.86. The highest BCUT2D eigenvalue weighted by atomic mass is 19.3. The van der Waals surface area contributed by atoms with Crippen molar-refractivity contribution in [2.45, 2.75) is 51.0 Å². The van der Waals surface area contributed by atoms with E-state index in [1.807, 2.05) is 26.0 Å². The molecule has 0 saturated carbocycles. The van der Waals surface area contributed by atoms with Crippen LogP contribution in [-0.2, 0) is 20.9 Å². The summed E-state index contributed by atoms with van der Waals surface area (Å²) in [5.74, 6) is -2.73. The van der Waals surface area contributed by atoms with Crippen molar-refractivity contribution in [2.24, 2.45) is 0 Å². The third-order valence-corrected chi connectivity index (χ3v) is 7.81. The first-order valence-electron chi connectivity index (χ1n) is 12.1. The van der Waals surface area contributed by atoms with Crippen LogP contribution in [0.15, 0.2) is 30.3 Å². The van der Waals surface area contributed by atoms with Gasteiger partial charge in [0.15, 0.2) is 5.82 Å². The number of fused-ring (bicyclic) bond motifs is 3. The highest BCUT2D eigenvalue weighted by Crippen LogP contribution is 2.49. The predicted molar refractivity (Wildman–Crippen MR) is 134 cm³/mol. The first kappa shape index (κ1) is 24.5. The fraction of sp³-hybridized carbons (Fsp3) is 0.444. The van der Waals surface area contributed by atoms with Crippen LogP contribution in [-0.4, -0.2) is 48.1 Å². The van der Waals surface area contributed by atoms with Gasteiger partial charge in [-0.05, 0) is 62.4 Å². The van der Waals surface area contributed by atoms with E-state index in [1.165, 1.54) is 6.07 Å². The Morgan fingerprint density at radius 1 is 1.19 bits per heavy atom. The Morgan fingerprint density at radius 2 is 1.92 bits per heavy atom. The van der Waals surface area contributed by atoms with Crippen molar-refractivity contribution in [3.8, 4) is 0 Å². The number of hydrogen-bond donors (Lipinski definition) is 2. The van der Waals surface area contributed by atoms with E-state index in [0.29, 0.717) is 43.0 Å². The summed E-state index contributed by atoms with van der Waals surface area (Å²) in [7, 11) is 1.81. The summed E-state index contributed by atoms with van der Waals surface area (Å²) in [5, 5.41) is 23.0. The van der Waals surface area contributed by atoms with Crippen LogP contribution in [0.1, 0.15) is 53.8 Å². The van der Waals surface area contributed by atoms with Crippen molar-refractivity contribution in [3.05, 3.63) is 58.3 Å². The second kappa shape index (κ2) is 8.74. The number of anilines is 2. The molecule has 1 atom stereocenters. The molecule has 3 heterocycles. The normalized spacial score (nSPS) is 18.1. The number of alkyl halides is 2. The van der Waals surface area contributed by atoms with Gasteiger partial charge in [0.25, 0.3) is 5.92 Å². The number of nitrogens with one attached hydrogen (secondary N) is 1. The maximum absolute atomic E-state index is 14.3. The summed E-state index contributed by atoms with van der Waals surface area (Å²) >= 11 is 0. The Kier molecular flexibility index (Phi) is 5.95. The first-order chi connectivity index (χ1) is 17.1. The fourth-order valence-corrected chi connectivity index (χ4v) is 5.72. The van der Waals surface area contributed by atoms with Gasteiger partial charge in [-0.15, -0.1) is 5.10 Å². The van der Waals surface area contributed by atoms with Gasteiger partial charge in [0.2, 0.25) is 5.91 Å². The highest BCUT2D eigenvalue weighted by molar-refractivity contribution is 6.11. The maximum Gasteiger partial charge on any atom is 0.296 e. The van der Waals surface area contributed by atoms with Crippen LogP contribution in [0.25, 0.3) is 10.8 Å². The van der Waals surface area contributed by atoms with E-state index in [9.17, 15) is 18.7 Å². The molecule has 2 N–H and O–H groups in total. The fourth-order valence-electron chi connectivity index (χ4n) is 5.72. The summed E-state index contributed by atoms with van der Waals surface area (Å²) < 4.78 is 34.2. The van der Waals surface area contributed by atoms with Gasteiger partial charge in [0.05, 0.1) is 17.2 Å². The third-order valence-electron chi connectivity index (χ3n) is 7.81. The number of carbonyl (C=O) groups is 1. The number of benzene rings is 2. The van der Waals surface area contributed by atoms with Gasteiger partial charge in [-0.1, -0.05) is 18.2 Å². The molecule has 2 aliphatic heterocycles. The number of amides is 1. The number of aliphatic hydroxyl groups is 1. The first-order valence-corrected chi connectivity index (χ1v) is 12.1. The van der Waals surface area contributed by atoms with Crippen molar-refractivity contribution in [3.63, 3.8) is 0 Å². The summed E-state index contributed by atoms with van der Waals surface area (Å²) in [5.41, 5.74) is 2.85. The Morgan fingerprint density at radius 3 is 2.61 bits per heavy atom. The minimum atomic E-state index is -3.33. The van der Waals surface area contributed by atoms with Crippen molar-refractivity contribution in [1.29, 1.82) is 0 Å². The molecular weight excluding hydrogens is 466 g/mol. The molecule has 0 aliphatic carbocycles. The maximum atomic E-state index is 14.3. The Balaban J connectivity index is 1.59. The lowest BCUT2D eigenvalue weighted by atomic mass is 9.75. The van der Waals surface area contributed by atoms with E-state index >= 15 is 0 Å². The van der Waals surface area contributed by atoms with Crippen LogP contribution < -0.4 is 10.2 Å². The number of halogens is 2. The Bertz CT molecular complexity index is 1350. The summed E-state index contributed by atoms with van der Waals surface area (Å²) in [6.45, 7) is 5.19. The molecule has 0 unspecified atom stereocenters. The zero-order valence-corrected chi connectivity index (χ0v) is 20.9. The number of nitrogens with zero attached hydrogens (tertiary/aromatic N) is 3. The van der Waals surface area contributed by atoms with Crippen LogP contribution in [0.3, 0.4) is 0 Å². The lowest BCUT2D eigenvalue weighted by molar-refractivity contribution is -0.126. The topological polar surface area (TPSA) is 87.6 Å². The largest absolute Gasteiger partial charge is 0.390 e. The summed E-state index contributed by atoms with van der Waals surface area (Å²) in [4.78, 5) is 15.1. The smallest absolute Gasteiger partial charge is 0.296 e. The second-order valence-corrected chi connectivity index (χ2v) is 9.86. The van der Waals surface area contributed by atoms with E-state index in [1.54, 1.807) is 31.0 Å². The van der Waals surface area contributed by atoms with Gasteiger partial charge in [0, 0.05) is 42.3 Å². The molecule has 2 aliphatic rings. The lowest BCUT2D eigenvalue weighted by Gasteiger charge is -2.32. The number of carbonyl (C=O) groups excluding carboxylic acids is 1. The molecule has 0 radical (unpaired) electrons. The molecule has 0 bridgehead atoms. The molecule has 9 heteroatoms. The molecule has 7 nitrogen and oxygen atoms in total. The molecular formula is C27H30F2N4O3. The molecule has 1 aromatic heterocycles. The van der Waals surface area contributed by atoms with E-state index in [2.05, 4.69) is 15.5 Å². The molecule has 1 saturated heterocycles. The molecule has 2 aromatic carbocycles. The van der Waals surface area contributed by atoms with E-state index in [-0.39, 0.29) is 17.5 Å². The summed E-state index contributed by atoms with van der Waals surface area (Å²) in [6, 6.07) is 8.37. The molecule has 5 rings (SSSR count). The van der Waals surface area contributed by atoms with Crippen LogP contribution in [0.2, 0.25) is 0 Å². The number of aromatic nitrogens is 2. The molecule has 3 aromatic rings. The van der Waals surface area contributed by atoms with Crippen LogP contribution in [0.4, 0.5) is 20.3 Å². The predicted octanol–water partition coefficient (Wildman–Crippen LogP) is 4.53. The molecule has 190 valence electrons. The quantitative estimate of drug-likeness (QED) is 0.540. The molecule has 1 amide bonds. The highest BCUT2D eigenvalue weighted by Gasteiger charge is 2.50. The van der Waals surface area contributed by atoms with Crippen LogP contribution in [0, 0.1) is 13.8 Å². The van der Waals surface area contributed by atoms with Gasteiger partial charge < -0.3 is 20.1 Å². The minimum absolute atomic E-state index is 0.0785. The van der Waals surface area contributed by atoms with Crippen molar-refractivity contribution >= 4 is 28.2 Å². The Hall–Kier alpha value is -3.17. The van der Waals surface area contributed by atoms with Gasteiger partial charge in [0.1, 0.15) is 6.61 Å². The minimum Gasteiger partial charge on any atom is -0.390 e. The number of likely N-dealkylation sites (N-methyl/N-ethyl adjacent to an activating group) is 1. The SMILES string of the molecule is Cc1c([C@@H](C)Nc2nnc(C)c3cc4c(cc23)C2(CCOCC2)C(=O)N4C)cccc1C(F)(F)CO. The summed E-state index contributed by atoms with van der Waals surface area (Å²) in [6.07, 6.45) is 1.24. The van der Waals surface area contributed by atoms with E-state index in [4.69, 9.17) is 4.74 Å². The van der Waals surface area contributed by atoms with Crippen LogP contribution in [0.5, 0.6) is 0 Å². The van der Waals surface area contributed by atoms with Crippen molar-refractivity contribution in [1.82, 2.24) is 10.2 Å². The number of aliphatic hydroxyl groups excluding tert-OH is 1. The van der Waals surface area contributed by atoms with Crippen LogP contribution >= 0.6 is 0 Å². The lowest BCUT2D eigenvalue weighted by Crippen LogP contribution is -2.42. The van der Waals surface area contributed by atoms with E-state index < -0.39 is 17.9 Å². The van der Waals surface area contributed by atoms with Gasteiger partial charge in [-0.3, -0.25) is 4.79 Å². The van der Waals surface area contributed by atoms with Gasteiger partial charge in [-0.25, -0.2) is 0 Å². The number of rotatable bonds is 5. The number of ether oxygens (including phenoxy) is 1. The van der Waals surface area contributed by atoms with Crippen molar-refractivity contribution in [2.75, 3.05) is 37.1 Å². The standard InChI is InChI=1S/C27H30F2N4O3/c1-15-18(6-5-7-21(15)27(28,29)14-34)16(2)30-24-20-12-22-23(13-19(20)17(3)31-32-24)33(4)25(35)26(22)8-10-36-11-9-26/h5-7,12-13,16,34H,8-11,14H2,1-4H3,(H,30,32)/t16-/m1/s1. The van der Waals surface area contributed by atoms with Gasteiger partial charge in [-0.2, -0.15) is 13.9 Å². The zero-order valence-electron chi connectivity index (χ0n) is 20.9. The zero-order chi connectivity index (χ0) is 25.8.